The highest BCUT2D eigenvalue weighted by Crippen LogP contribution is 2.17. The molecule has 72 valence electrons. The summed E-state index contributed by atoms with van der Waals surface area (Å²) in [7, 11) is 0. The monoisotopic (exact) mass is 174 g/mol. The maximum Gasteiger partial charge on any atom is 0.158 e. The Bertz CT molecular complexity index is 125. The summed E-state index contributed by atoms with van der Waals surface area (Å²) < 4.78 is 10.7. The molecular formula is C9H18O3. The van der Waals surface area contributed by atoms with Crippen LogP contribution >= 0.6 is 0 Å². The summed E-state index contributed by atoms with van der Waals surface area (Å²) in [4.78, 5) is 0. The lowest BCUT2D eigenvalue weighted by Gasteiger charge is -2.11. The topological polar surface area (TPSA) is 38.7 Å². The van der Waals surface area contributed by atoms with Gasteiger partial charge in [-0.3, -0.25) is 0 Å². The second kappa shape index (κ2) is 4.80. The largest absolute Gasteiger partial charge is 0.394 e. The number of aliphatic hydroxyl groups excluding tert-OH is 1. The normalized spacial score (nSPS) is 30.0. The van der Waals surface area contributed by atoms with E-state index in [0.29, 0.717) is 12.5 Å². The predicted molar refractivity (Wildman–Crippen MR) is 45.8 cm³/mol. The van der Waals surface area contributed by atoms with Crippen LogP contribution in [0.1, 0.15) is 26.7 Å². The smallest absolute Gasteiger partial charge is 0.158 e. The molecule has 1 aliphatic rings. The first-order chi connectivity index (χ1) is 5.72. The van der Waals surface area contributed by atoms with Gasteiger partial charge in [0.15, 0.2) is 6.29 Å². The minimum atomic E-state index is -0.0952. The SMILES string of the molecule is CC(C)CCC1OCC(CO)O1. The third kappa shape index (κ3) is 3.09. The molecule has 1 N–H and O–H groups in total. The van der Waals surface area contributed by atoms with Crippen LogP contribution in [0.4, 0.5) is 0 Å². The molecule has 0 saturated carbocycles. The molecule has 0 aromatic rings. The molecule has 1 heterocycles. The van der Waals surface area contributed by atoms with E-state index in [1.54, 1.807) is 0 Å². The second-order valence-corrected chi connectivity index (χ2v) is 3.67. The minimum Gasteiger partial charge on any atom is -0.394 e. The molecule has 3 nitrogen and oxygen atoms in total. The maximum absolute atomic E-state index is 8.76. The van der Waals surface area contributed by atoms with Crippen LogP contribution in [-0.4, -0.2) is 30.7 Å². The van der Waals surface area contributed by atoms with Gasteiger partial charge in [0.25, 0.3) is 0 Å². The van der Waals surface area contributed by atoms with E-state index >= 15 is 0 Å². The quantitative estimate of drug-likeness (QED) is 0.695. The molecule has 12 heavy (non-hydrogen) atoms. The standard InChI is InChI=1S/C9H18O3/c1-7(2)3-4-9-11-6-8(5-10)12-9/h7-10H,3-6H2,1-2H3. The van der Waals surface area contributed by atoms with Crippen LogP contribution < -0.4 is 0 Å². The second-order valence-electron chi connectivity index (χ2n) is 3.67. The van der Waals surface area contributed by atoms with Gasteiger partial charge in [0.05, 0.1) is 13.2 Å². The number of hydrogen-bond donors (Lipinski definition) is 1. The van der Waals surface area contributed by atoms with Gasteiger partial charge >= 0.3 is 0 Å². The lowest BCUT2D eigenvalue weighted by Crippen LogP contribution is -2.16. The predicted octanol–water partition coefficient (Wildman–Crippen LogP) is 1.16. The van der Waals surface area contributed by atoms with Gasteiger partial charge in [-0.25, -0.2) is 0 Å². The molecule has 1 fully saturated rings. The van der Waals surface area contributed by atoms with Gasteiger partial charge in [-0.15, -0.1) is 0 Å². The van der Waals surface area contributed by atoms with Crippen LogP contribution in [0.25, 0.3) is 0 Å². The Kier molecular flexibility index (Phi) is 3.98. The van der Waals surface area contributed by atoms with Gasteiger partial charge in [0.1, 0.15) is 6.10 Å². The van der Waals surface area contributed by atoms with Crippen molar-refractivity contribution in [2.75, 3.05) is 13.2 Å². The van der Waals surface area contributed by atoms with E-state index < -0.39 is 0 Å². The van der Waals surface area contributed by atoms with Crippen molar-refractivity contribution in [1.29, 1.82) is 0 Å². The fraction of sp³-hybridized carbons (Fsp3) is 1.00. The maximum atomic E-state index is 8.76. The molecule has 2 unspecified atom stereocenters. The lowest BCUT2D eigenvalue weighted by molar-refractivity contribution is -0.0714. The molecular weight excluding hydrogens is 156 g/mol. The number of hydrogen-bond acceptors (Lipinski definition) is 3. The van der Waals surface area contributed by atoms with Crippen LogP contribution in [0.5, 0.6) is 0 Å². The Morgan fingerprint density at radius 3 is 2.75 bits per heavy atom. The average molecular weight is 174 g/mol. The zero-order valence-corrected chi connectivity index (χ0v) is 7.82. The third-order valence-electron chi connectivity index (χ3n) is 2.00. The lowest BCUT2D eigenvalue weighted by atomic mass is 10.1. The number of aliphatic hydroxyl groups is 1. The highest BCUT2D eigenvalue weighted by molar-refractivity contribution is 4.64. The fourth-order valence-electron chi connectivity index (χ4n) is 1.22. The summed E-state index contributed by atoms with van der Waals surface area (Å²) in [6.07, 6.45) is 1.88. The van der Waals surface area contributed by atoms with E-state index in [9.17, 15) is 0 Å². The van der Waals surface area contributed by atoms with Crippen molar-refractivity contribution in [3.63, 3.8) is 0 Å². The first-order valence-electron chi connectivity index (χ1n) is 4.60. The highest BCUT2D eigenvalue weighted by atomic mass is 16.7. The number of rotatable bonds is 4. The van der Waals surface area contributed by atoms with E-state index in [4.69, 9.17) is 14.6 Å². The Morgan fingerprint density at radius 2 is 2.25 bits per heavy atom. The molecule has 1 rings (SSSR count). The van der Waals surface area contributed by atoms with Gasteiger partial charge in [0.2, 0.25) is 0 Å². The molecule has 1 aliphatic heterocycles. The molecule has 0 bridgehead atoms. The highest BCUT2D eigenvalue weighted by Gasteiger charge is 2.24. The summed E-state index contributed by atoms with van der Waals surface area (Å²) in [5.41, 5.74) is 0. The van der Waals surface area contributed by atoms with Crippen molar-refractivity contribution in [2.24, 2.45) is 5.92 Å². The Labute approximate surface area is 73.7 Å². The molecule has 0 aromatic heterocycles. The van der Waals surface area contributed by atoms with Gasteiger partial charge in [-0.05, 0) is 18.8 Å². The van der Waals surface area contributed by atoms with Crippen molar-refractivity contribution < 1.29 is 14.6 Å². The van der Waals surface area contributed by atoms with Gasteiger partial charge in [-0.2, -0.15) is 0 Å². The van der Waals surface area contributed by atoms with E-state index in [1.807, 2.05) is 0 Å². The van der Waals surface area contributed by atoms with Crippen molar-refractivity contribution >= 4 is 0 Å². The molecule has 0 aliphatic carbocycles. The Morgan fingerprint density at radius 1 is 1.50 bits per heavy atom. The fourth-order valence-corrected chi connectivity index (χ4v) is 1.22. The average Bonchev–Trinajstić information content (AvgIpc) is 2.48. The molecule has 0 radical (unpaired) electrons. The van der Waals surface area contributed by atoms with E-state index in [0.717, 1.165) is 12.8 Å². The summed E-state index contributed by atoms with van der Waals surface area (Å²) in [6.45, 7) is 4.97. The zero-order valence-electron chi connectivity index (χ0n) is 7.82. The van der Waals surface area contributed by atoms with Crippen LogP contribution in [0, 0.1) is 5.92 Å². The summed E-state index contributed by atoms with van der Waals surface area (Å²) in [5, 5.41) is 8.76. The molecule has 1 saturated heterocycles. The van der Waals surface area contributed by atoms with Crippen molar-refractivity contribution in [3.8, 4) is 0 Å². The molecule has 2 atom stereocenters. The van der Waals surface area contributed by atoms with Gasteiger partial charge in [0, 0.05) is 0 Å². The van der Waals surface area contributed by atoms with E-state index in [2.05, 4.69) is 13.8 Å². The summed E-state index contributed by atoms with van der Waals surface area (Å²) in [5.74, 6) is 0.686. The third-order valence-corrected chi connectivity index (χ3v) is 2.00. The first-order valence-corrected chi connectivity index (χ1v) is 4.60. The van der Waals surface area contributed by atoms with Crippen LogP contribution in [0.15, 0.2) is 0 Å². The van der Waals surface area contributed by atoms with Crippen LogP contribution in [0.2, 0.25) is 0 Å². The van der Waals surface area contributed by atoms with Gasteiger partial charge in [-0.1, -0.05) is 13.8 Å². The minimum absolute atomic E-state index is 0.0676. The van der Waals surface area contributed by atoms with Crippen LogP contribution in [0.3, 0.4) is 0 Å². The van der Waals surface area contributed by atoms with E-state index in [-0.39, 0.29) is 19.0 Å². The molecule has 0 amide bonds. The zero-order chi connectivity index (χ0) is 8.97. The first kappa shape index (κ1) is 9.96. The Hall–Kier alpha value is -0.120. The van der Waals surface area contributed by atoms with E-state index in [1.165, 1.54) is 0 Å². The van der Waals surface area contributed by atoms with Crippen molar-refractivity contribution in [3.05, 3.63) is 0 Å². The van der Waals surface area contributed by atoms with Crippen LogP contribution in [-0.2, 0) is 9.47 Å². The molecule has 0 aromatic carbocycles. The number of ether oxygens (including phenoxy) is 2. The van der Waals surface area contributed by atoms with Crippen molar-refractivity contribution in [1.82, 2.24) is 0 Å². The molecule has 3 heteroatoms. The molecule has 0 spiro atoms. The van der Waals surface area contributed by atoms with Gasteiger partial charge < -0.3 is 14.6 Å². The summed E-state index contributed by atoms with van der Waals surface area (Å²) in [6, 6.07) is 0. The van der Waals surface area contributed by atoms with Crippen molar-refractivity contribution in [2.45, 2.75) is 39.1 Å². The Balaban J connectivity index is 2.11. The summed E-state index contributed by atoms with van der Waals surface area (Å²) >= 11 is 0.